The molecule has 0 saturated heterocycles. The molecular formula is C14H29N. The molecule has 0 bridgehead atoms. The standard InChI is InChI=1S/C14H29N/c1-4-7-11-14(15)12-9-8-10-13(14,5-2)6-3/h4-12,15H2,1-3H3. The first-order chi connectivity index (χ1) is 7.14. The molecule has 1 unspecified atom stereocenters. The first kappa shape index (κ1) is 13.0. The largest absolute Gasteiger partial charge is 0.325 e. The van der Waals surface area contributed by atoms with Crippen molar-refractivity contribution >= 4 is 0 Å². The van der Waals surface area contributed by atoms with Gasteiger partial charge in [0.2, 0.25) is 0 Å². The van der Waals surface area contributed by atoms with Crippen molar-refractivity contribution in [2.75, 3.05) is 0 Å². The molecule has 1 saturated carbocycles. The number of hydrogen-bond donors (Lipinski definition) is 1. The van der Waals surface area contributed by atoms with Crippen molar-refractivity contribution in [1.29, 1.82) is 0 Å². The zero-order chi connectivity index (χ0) is 11.4. The highest BCUT2D eigenvalue weighted by atomic mass is 14.8. The van der Waals surface area contributed by atoms with Crippen molar-refractivity contribution in [1.82, 2.24) is 0 Å². The molecular weight excluding hydrogens is 182 g/mol. The first-order valence-corrected chi connectivity index (χ1v) is 6.93. The van der Waals surface area contributed by atoms with Gasteiger partial charge in [-0.1, -0.05) is 46.5 Å². The van der Waals surface area contributed by atoms with E-state index in [0.29, 0.717) is 5.41 Å². The van der Waals surface area contributed by atoms with E-state index in [9.17, 15) is 0 Å². The monoisotopic (exact) mass is 211 g/mol. The second-order valence-electron chi connectivity index (χ2n) is 5.45. The van der Waals surface area contributed by atoms with Crippen LogP contribution in [0.1, 0.15) is 78.6 Å². The van der Waals surface area contributed by atoms with E-state index in [1.165, 1.54) is 57.8 Å². The van der Waals surface area contributed by atoms with Crippen LogP contribution in [0, 0.1) is 5.41 Å². The molecule has 0 aliphatic heterocycles. The summed E-state index contributed by atoms with van der Waals surface area (Å²) in [5.41, 5.74) is 7.33. The van der Waals surface area contributed by atoms with Crippen LogP contribution < -0.4 is 5.73 Å². The van der Waals surface area contributed by atoms with Gasteiger partial charge in [-0.25, -0.2) is 0 Å². The van der Waals surface area contributed by atoms with Crippen LogP contribution in [-0.4, -0.2) is 5.54 Å². The Balaban J connectivity index is 2.78. The van der Waals surface area contributed by atoms with Gasteiger partial charge in [0.1, 0.15) is 0 Å². The number of rotatable bonds is 5. The van der Waals surface area contributed by atoms with E-state index in [4.69, 9.17) is 5.73 Å². The fraction of sp³-hybridized carbons (Fsp3) is 1.00. The molecule has 1 aliphatic carbocycles. The molecule has 0 aromatic carbocycles. The van der Waals surface area contributed by atoms with E-state index in [1.54, 1.807) is 0 Å². The lowest BCUT2D eigenvalue weighted by Gasteiger charge is -2.52. The van der Waals surface area contributed by atoms with E-state index in [1.807, 2.05) is 0 Å². The lowest BCUT2D eigenvalue weighted by atomic mass is 9.57. The fourth-order valence-electron chi connectivity index (χ4n) is 3.61. The predicted molar refractivity (Wildman–Crippen MR) is 67.9 cm³/mol. The summed E-state index contributed by atoms with van der Waals surface area (Å²) in [6, 6.07) is 0. The molecule has 90 valence electrons. The zero-order valence-electron chi connectivity index (χ0n) is 10.9. The molecule has 1 aliphatic rings. The van der Waals surface area contributed by atoms with Gasteiger partial charge in [-0.3, -0.25) is 0 Å². The molecule has 1 atom stereocenters. The molecule has 2 N–H and O–H groups in total. The quantitative estimate of drug-likeness (QED) is 0.722. The summed E-state index contributed by atoms with van der Waals surface area (Å²) in [5.74, 6) is 0. The van der Waals surface area contributed by atoms with Crippen LogP contribution in [0.3, 0.4) is 0 Å². The van der Waals surface area contributed by atoms with Gasteiger partial charge in [-0.15, -0.1) is 0 Å². The molecule has 0 spiro atoms. The minimum Gasteiger partial charge on any atom is -0.325 e. The molecule has 1 nitrogen and oxygen atoms in total. The Morgan fingerprint density at radius 3 is 2.13 bits per heavy atom. The van der Waals surface area contributed by atoms with Gasteiger partial charge < -0.3 is 5.73 Å². The lowest BCUT2D eigenvalue weighted by molar-refractivity contribution is 0.0425. The Morgan fingerprint density at radius 2 is 1.60 bits per heavy atom. The Hall–Kier alpha value is -0.0400. The Bertz CT molecular complexity index is 184. The molecule has 0 aromatic rings. The number of unbranched alkanes of at least 4 members (excludes halogenated alkanes) is 1. The van der Waals surface area contributed by atoms with Crippen molar-refractivity contribution in [3.8, 4) is 0 Å². The zero-order valence-corrected chi connectivity index (χ0v) is 10.9. The van der Waals surface area contributed by atoms with Crippen molar-refractivity contribution in [3.05, 3.63) is 0 Å². The van der Waals surface area contributed by atoms with E-state index < -0.39 is 0 Å². The van der Waals surface area contributed by atoms with E-state index >= 15 is 0 Å². The van der Waals surface area contributed by atoms with E-state index in [-0.39, 0.29) is 5.54 Å². The third-order valence-corrected chi connectivity index (χ3v) is 4.91. The fourth-order valence-corrected chi connectivity index (χ4v) is 3.61. The summed E-state index contributed by atoms with van der Waals surface area (Å²) >= 11 is 0. The van der Waals surface area contributed by atoms with Crippen LogP contribution in [0.15, 0.2) is 0 Å². The minimum atomic E-state index is 0.144. The predicted octanol–water partition coefficient (Wildman–Crippen LogP) is 4.25. The van der Waals surface area contributed by atoms with Crippen molar-refractivity contribution in [2.24, 2.45) is 11.1 Å². The SMILES string of the molecule is CCCCC1(N)CCCCC1(CC)CC. The smallest absolute Gasteiger partial charge is 0.0211 e. The summed E-state index contributed by atoms with van der Waals surface area (Å²) in [6.07, 6.45) is 11.7. The van der Waals surface area contributed by atoms with Gasteiger partial charge in [-0.2, -0.15) is 0 Å². The third kappa shape index (κ3) is 2.38. The van der Waals surface area contributed by atoms with E-state index in [2.05, 4.69) is 20.8 Å². The molecule has 1 rings (SSSR count). The number of nitrogens with two attached hydrogens (primary N) is 1. The molecule has 0 aromatic heterocycles. The van der Waals surface area contributed by atoms with Gasteiger partial charge in [0.15, 0.2) is 0 Å². The summed E-state index contributed by atoms with van der Waals surface area (Å²) < 4.78 is 0. The van der Waals surface area contributed by atoms with Gasteiger partial charge in [0.05, 0.1) is 0 Å². The lowest BCUT2D eigenvalue weighted by Crippen LogP contribution is -2.56. The molecule has 0 heterocycles. The number of hydrogen-bond acceptors (Lipinski definition) is 1. The normalized spacial score (nSPS) is 30.4. The van der Waals surface area contributed by atoms with Gasteiger partial charge >= 0.3 is 0 Å². The summed E-state index contributed by atoms with van der Waals surface area (Å²) in [5, 5.41) is 0. The van der Waals surface area contributed by atoms with Crippen LogP contribution in [-0.2, 0) is 0 Å². The van der Waals surface area contributed by atoms with Gasteiger partial charge in [0.25, 0.3) is 0 Å². The summed E-state index contributed by atoms with van der Waals surface area (Å²) in [7, 11) is 0. The minimum absolute atomic E-state index is 0.144. The summed E-state index contributed by atoms with van der Waals surface area (Å²) in [4.78, 5) is 0. The highest BCUT2D eigenvalue weighted by molar-refractivity contribution is 5.03. The Labute approximate surface area is 95.8 Å². The average Bonchev–Trinajstić information content (AvgIpc) is 2.27. The van der Waals surface area contributed by atoms with Crippen LogP contribution in [0.25, 0.3) is 0 Å². The highest BCUT2D eigenvalue weighted by Crippen LogP contribution is 2.49. The Morgan fingerprint density at radius 1 is 1.00 bits per heavy atom. The third-order valence-electron chi connectivity index (χ3n) is 4.91. The second-order valence-corrected chi connectivity index (χ2v) is 5.45. The van der Waals surface area contributed by atoms with Crippen LogP contribution in [0.2, 0.25) is 0 Å². The van der Waals surface area contributed by atoms with Gasteiger partial charge in [0, 0.05) is 5.54 Å². The molecule has 0 radical (unpaired) electrons. The van der Waals surface area contributed by atoms with Crippen LogP contribution in [0.4, 0.5) is 0 Å². The topological polar surface area (TPSA) is 26.0 Å². The molecule has 0 amide bonds. The molecule has 1 fully saturated rings. The van der Waals surface area contributed by atoms with Crippen LogP contribution >= 0.6 is 0 Å². The van der Waals surface area contributed by atoms with Crippen molar-refractivity contribution in [3.63, 3.8) is 0 Å². The van der Waals surface area contributed by atoms with Crippen molar-refractivity contribution < 1.29 is 0 Å². The second kappa shape index (κ2) is 5.34. The average molecular weight is 211 g/mol. The maximum atomic E-state index is 6.75. The highest BCUT2D eigenvalue weighted by Gasteiger charge is 2.46. The summed E-state index contributed by atoms with van der Waals surface area (Å²) in [6.45, 7) is 6.94. The van der Waals surface area contributed by atoms with Crippen LogP contribution in [0.5, 0.6) is 0 Å². The first-order valence-electron chi connectivity index (χ1n) is 6.93. The molecule has 1 heteroatoms. The van der Waals surface area contributed by atoms with Crippen molar-refractivity contribution in [2.45, 2.75) is 84.1 Å². The Kier molecular flexibility index (Phi) is 4.64. The molecule has 15 heavy (non-hydrogen) atoms. The van der Waals surface area contributed by atoms with Gasteiger partial charge in [-0.05, 0) is 37.5 Å². The van der Waals surface area contributed by atoms with E-state index in [0.717, 1.165) is 0 Å². The maximum absolute atomic E-state index is 6.75. The maximum Gasteiger partial charge on any atom is 0.0211 e.